The monoisotopic (exact) mass is 431 g/mol. The first-order chi connectivity index (χ1) is 14.2. The van der Waals surface area contributed by atoms with Crippen molar-refractivity contribution in [3.63, 3.8) is 0 Å². The lowest BCUT2D eigenvalue weighted by atomic mass is 10.1. The van der Waals surface area contributed by atoms with E-state index in [2.05, 4.69) is 15.3 Å². The molecule has 4 N–H and O–H groups in total. The smallest absolute Gasteiger partial charge is 0.323 e. The summed E-state index contributed by atoms with van der Waals surface area (Å²) in [6.07, 6.45) is 1.21. The van der Waals surface area contributed by atoms with E-state index < -0.39 is 9.73 Å². The second-order valence-corrected chi connectivity index (χ2v) is 9.63. The van der Waals surface area contributed by atoms with Crippen LogP contribution in [-0.4, -0.2) is 39.2 Å². The van der Waals surface area contributed by atoms with Gasteiger partial charge in [-0.2, -0.15) is 4.98 Å². The minimum absolute atomic E-state index is 0.0551. The van der Waals surface area contributed by atoms with Gasteiger partial charge in [-0.1, -0.05) is 50.1 Å². The number of urea groups is 1. The van der Waals surface area contributed by atoms with E-state index in [1.54, 1.807) is 18.9 Å². The maximum Gasteiger partial charge on any atom is 0.323 e. The predicted molar refractivity (Wildman–Crippen MR) is 119 cm³/mol. The van der Waals surface area contributed by atoms with Crippen LogP contribution in [0.1, 0.15) is 37.8 Å². The maximum atomic E-state index is 12.8. The van der Waals surface area contributed by atoms with Crippen LogP contribution < -0.4 is 20.9 Å². The Labute approximate surface area is 177 Å². The minimum atomic E-state index is -3.17. The normalized spacial score (nSPS) is 17.5. The van der Waals surface area contributed by atoms with Crippen LogP contribution in [0.4, 0.5) is 22.1 Å². The van der Waals surface area contributed by atoms with E-state index in [9.17, 15) is 9.00 Å². The fraction of sp³-hybridized carbons (Fsp3) is 0.450. The molecule has 1 unspecified atom stereocenters. The first-order valence-electron chi connectivity index (χ1n) is 10.0. The van der Waals surface area contributed by atoms with Crippen LogP contribution in [-0.2, 0) is 16.3 Å². The fourth-order valence-electron chi connectivity index (χ4n) is 3.55. The van der Waals surface area contributed by atoms with Crippen LogP contribution in [0.25, 0.3) is 0 Å². The predicted octanol–water partition coefficient (Wildman–Crippen LogP) is 3.08. The van der Waals surface area contributed by atoms with Crippen molar-refractivity contribution in [3.05, 3.63) is 35.4 Å². The van der Waals surface area contributed by atoms with E-state index in [-0.39, 0.29) is 28.9 Å². The third kappa shape index (κ3) is 3.91. The number of hydrogen-bond acceptors (Lipinski definition) is 7. The Morgan fingerprint density at radius 1 is 1.27 bits per heavy atom. The van der Waals surface area contributed by atoms with Gasteiger partial charge < -0.3 is 16.0 Å². The molecule has 3 rings (SSSR count). The van der Waals surface area contributed by atoms with E-state index in [1.807, 2.05) is 43.0 Å². The van der Waals surface area contributed by atoms with E-state index in [0.29, 0.717) is 24.5 Å². The number of nitrogen functional groups attached to an aromatic ring is 1. The molecule has 0 radical (unpaired) electrons. The number of nitrogens with two attached hydrogens (primary N) is 1. The SMILES string of the molecule is CCCC1N(Cc2ccc(C)cc2)c2nc([S@](=N)(=O)CC)nc(N)c2N1C(=O)NC. The molecule has 2 atom stereocenters. The molecule has 1 aromatic heterocycles. The zero-order valence-electron chi connectivity index (χ0n) is 17.8. The Hall–Kier alpha value is -2.88. The number of nitrogens with one attached hydrogen (secondary N) is 2. The molecule has 1 aliphatic rings. The number of aromatic nitrogens is 2. The second kappa shape index (κ2) is 8.47. The molecule has 1 aliphatic heterocycles. The number of carbonyl (C=O) groups excluding carboxylic acids is 1. The van der Waals surface area contributed by atoms with Crippen molar-refractivity contribution in [2.24, 2.45) is 0 Å². The second-order valence-electron chi connectivity index (χ2n) is 7.34. The van der Waals surface area contributed by atoms with Crippen LogP contribution in [0.2, 0.25) is 0 Å². The summed E-state index contributed by atoms with van der Waals surface area (Å²) in [5.74, 6) is 0.578. The average molecular weight is 432 g/mol. The minimum Gasteiger partial charge on any atom is -0.382 e. The van der Waals surface area contributed by atoms with Crippen molar-refractivity contribution in [2.45, 2.75) is 51.5 Å². The molecule has 9 nitrogen and oxygen atoms in total. The van der Waals surface area contributed by atoms with Crippen molar-refractivity contribution in [1.29, 1.82) is 4.78 Å². The highest BCUT2D eigenvalue weighted by molar-refractivity contribution is 7.92. The summed E-state index contributed by atoms with van der Waals surface area (Å²) in [6, 6.07) is 7.82. The zero-order valence-corrected chi connectivity index (χ0v) is 18.6. The molecule has 0 bridgehead atoms. The molecular formula is C20H29N7O2S. The standard InChI is InChI=1S/C20H29N7O2S/c1-5-7-15-26(12-14-10-8-13(3)9-11-14)18-16(27(15)20(28)23-4)17(21)24-19(25-18)30(22,29)6-2/h8-11,15,22H,5-7,12H2,1-4H3,(H,23,28)(H2,21,24,25)/t15?,30-/m1/s1. The van der Waals surface area contributed by atoms with Gasteiger partial charge in [-0.3, -0.25) is 4.90 Å². The molecule has 0 saturated carbocycles. The Morgan fingerprint density at radius 3 is 2.50 bits per heavy atom. The Bertz CT molecular complexity index is 1040. The third-order valence-corrected chi connectivity index (χ3v) is 6.78. The molecule has 2 amide bonds. The number of anilines is 3. The summed E-state index contributed by atoms with van der Waals surface area (Å²) in [5, 5.41) is 2.57. The Morgan fingerprint density at radius 2 is 1.93 bits per heavy atom. The molecule has 10 heteroatoms. The number of amides is 2. The lowest BCUT2D eigenvalue weighted by Crippen LogP contribution is -2.49. The Kier molecular flexibility index (Phi) is 6.16. The van der Waals surface area contributed by atoms with Gasteiger partial charge in [0.25, 0.3) is 0 Å². The summed E-state index contributed by atoms with van der Waals surface area (Å²) in [7, 11) is -1.60. The summed E-state index contributed by atoms with van der Waals surface area (Å²) >= 11 is 0. The van der Waals surface area contributed by atoms with Gasteiger partial charge in [0.05, 0.1) is 0 Å². The van der Waals surface area contributed by atoms with Crippen molar-refractivity contribution < 1.29 is 9.00 Å². The van der Waals surface area contributed by atoms with E-state index >= 15 is 0 Å². The summed E-state index contributed by atoms with van der Waals surface area (Å²) < 4.78 is 20.8. The number of nitrogens with zero attached hydrogens (tertiary/aromatic N) is 4. The first-order valence-corrected chi connectivity index (χ1v) is 11.7. The average Bonchev–Trinajstić information content (AvgIpc) is 3.03. The van der Waals surface area contributed by atoms with Crippen LogP contribution in [0.3, 0.4) is 0 Å². The van der Waals surface area contributed by atoms with Gasteiger partial charge in [-0.05, 0) is 18.9 Å². The number of fused-ring (bicyclic) bond motifs is 1. The first kappa shape index (κ1) is 21.8. The largest absolute Gasteiger partial charge is 0.382 e. The molecule has 30 heavy (non-hydrogen) atoms. The number of rotatable bonds is 6. The molecule has 0 saturated heterocycles. The van der Waals surface area contributed by atoms with Gasteiger partial charge in [-0.25, -0.2) is 18.8 Å². The van der Waals surface area contributed by atoms with E-state index in [0.717, 1.165) is 17.5 Å². The molecule has 2 aromatic rings. The van der Waals surface area contributed by atoms with Crippen LogP contribution in [0.5, 0.6) is 0 Å². The molecule has 2 heterocycles. The molecule has 1 aromatic carbocycles. The molecule has 0 spiro atoms. The topological polar surface area (TPSA) is 128 Å². The summed E-state index contributed by atoms with van der Waals surface area (Å²) in [5.41, 5.74) is 8.83. The quantitative estimate of drug-likeness (QED) is 0.603. The van der Waals surface area contributed by atoms with Gasteiger partial charge >= 0.3 is 6.03 Å². The van der Waals surface area contributed by atoms with E-state index in [4.69, 9.17) is 10.5 Å². The number of hydrogen-bond donors (Lipinski definition) is 3. The fourth-order valence-corrected chi connectivity index (χ4v) is 4.29. The van der Waals surface area contributed by atoms with Crippen LogP contribution in [0, 0.1) is 11.7 Å². The molecule has 0 fully saturated rings. The third-order valence-electron chi connectivity index (χ3n) is 5.20. The van der Waals surface area contributed by atoms with Crippen LogP contribution >= 0.6 is 0 Å². The highest BCUT2D eigenvalue weighted by Gasteiger charge is 2.42. The summed E-state index contributed by atoms with van der Waals surface area (Å²) in [6.45, 7) is 6.22. The van der Waals surface area contributed by atoms with Crippen LogP contribution in [0.15, 0.2) is 29.4 Å². The number of aryl methyl sites for hydroxylation is 1. The van der Waals surface area contributed by atoms with Crippen molar-refractivity contribution in [2.75, 3.05) is 28.3 Å². The van der Waals surface area contributed by atoms with Crippen molar-refractivity contribution in [3.8, 4) is 0 Å². The van der Waals surface area contributed by atoms with Gasteiger partial charge in [0.15, 0.2) is 11.6 Å². The van der Waals surface area contributed by atoms with Gasteiger partial charge in [0.2, 0.25) is 5.16 Å². The summed E-state index contributed by atoms with van der Waals surface area (Å²) in [4.78, 5) is 25.0. The van der Waals surface area contributed by atoms with Crippen molar-refractivity contribution >= 4 is 33.1 Å². The molecule has 0 aliphatic carbocycles. The number of carbonyl (C=O) groups is 1. The lowest BCUT2D eigenvalue weighted by Gasteiger charge is -2.31. The Balaban J connectivity index is 2.19. The zero-order chi connectivity index (χ0) is 22.1. The van der Waals surface area contributed by atoms with Gasteiger partial charge in [0, 0.05) is 19.3 Å². The lowest BCUT2D eigenvalue weighted by molar-refractivity contribution is 0.245. The highest BCUT2D eigenvalue weighted by atomic mass is 32.2. The molecular weight excluding hydrogens is 402 g/mol. The maximum absolute atomic E-state index is 12.8. The number of benzene rings is 1. The van der Waals surface area contributed by atoms with Crippen molar-refractivity contribution in [1.82, 2.24) is 15.3 Å². The van der Waals surface area contributed by atoms with E-state index in [1.165, 1.54) is 0 Å². The highest BCUT2D eigenvalue weighted by Crippen LogP contribution is 2.44. The van der Waals surface area contributed by atoms with Gasteiger partial charge in [-0.15, -0.1) is 0 Å². The van der Waals surface area contributed by atoms with Gasteiger partial charge in [0.1, 0.15) is 21.6 Å². The molecule has 162 valence electrons.